The average molecular weight is 474 g/mol. The monoisotopic (exact) mass is 473 g/mol. The highest BCUT2D eigenvalue weighted by molar-refractivity contribution is 8.04. The normalized spacial score (nSPS) is 19.4. The number of aliphatic hydroxyl groups is 2. The van der Waals surface area contributed by atoms with Crippen molar-refractivity contribution in [1.29, 1.82) is 0 Å². The summed E-state index contributed by atoms with van der Waals surface area (Å²) < 4.78 is 11.5. The van der Waals surface area contributed by atoms with E-state index in [2.05, 4.69) is 25.8 Å². The second-order valence-electron chi connectivity index (χ2n) is 10.2. The van der Waals surface area contributed by atoms with Crippen LogP contribution in [0, 0.1) is 19.8 Å². The number of aryl methyl sites for hydroxylation is 3. The molecule has 1 aliphatic heterocycles. The molecule has 0 radical (unpaired) electrons. The Morgan fingerprint density at radius 2 is 1.94 bits per heavy atom. The molecule has 0 aliphatic carbocycles. The van der Waals surface area contributed by atoms with Crippen molar-refractivity contribution in [2.75, 3.05) is 0 Å². The van der Waals surface area contributed by atoms with Crippen molar-refractivity contribution in [3.8, 4) is 0 Å². The molecule has 0 amide bonds. The molecule has 2 aromatic rings. The van der Waals surface area contributed by atoms with Gasteiger partial charge in [0.25, 0.3) is 0 Å². The number of esters is 1. The van der Waals surface area contributed by atoms with Crippen LogP contribution in [0.5, 0.6) is 0 Å². The molecule has 33 heavy (non-hydrogen) atoms. The lowest BCUT2D eigenvalue weighted by Crippen LogP contribution is -2.44. The molecule has 0 spiro atoms. The van der Waals surface area contributed by atoms with Crippen LogP contribution in [0.25, 0.3) is 0 Å². The molecular weight excluding hydrogens is 438 g/mol. The summed E-state index contributed by atoms with van der Waals surface area (Å²) >= 11 is 1.24. The number of aliphatic hydroxyl groups excluding tert-OH is 2. The quantitative estimate of drug-likeness (QED) is 0.482. The van der Waals surface area contributed by atoms with Gasteiger partial charge in [0.15, 0.2) is 6.39 Å². The van der Waals surface area contributed by atoms with E-state index in [1.54, 1.807) is 0 Å². The highest BCUT2D eigenvalue weighted by Crippen LogP contribution is 2.45. The van der Waals surface area contributed by atoms with Gasteiger partial charge in [0, 0.05) is 17.7 Å². The zero-order chi connectivity index (χ0) is 24.6. The minimum atomic E-state index is -0.812. The maximum absolute atomic E-state index is 13.2. The van der Waals surface area contributed by atoms with Gasteiger partial charge in [0.05, 0.1) is 12.3 Å². The van der Waals surface area contributed by atoms with Crippen LogP contribution >= 0.6 is 11.8 Å². The predicted molar refractivity (Wildman–Crippen MR) is 129 cm³/mol. The summed E-state index contributed by atoms with van der Waals surface area (Å²) in [6, 6.07) is 3.96. The zero-order valence-corrected chi connectivity index (χ0v) is 21.4. The van der Waals surface area contributed by atoms with Crippen molar-refractivity contribution in [1.82, 2.24) is 4.98 Å². The molecule has 0 fully saturated rings. The van der Waals surface area contributed by atoms with Crippen LogP contribution in [0.4, 0.5) is 0 Å². The van der Waals surface area contributed by atoms with Crippen LogP contribution in [0.3, 0.4) is 0 Å². The molecule has 3 rings (SSSR count). The fourth-order valence-corrected chi connectivity index (χ4v) is 5.41. The van der Waals surface area contributed by atoms with Gasteiger partial charge in [-0.1, -0.05) is 52.4 Å². The molecule has 0 saturated carbocycles. The number of oxazole rings is 1. The highest BCUT2D eigenvalue weighted by atomic mass is 32.2. The number of aromatic nitrogens is 1. The van der Waals surface area contributed by atoms with Crippen molar-refractivity contribution in [3.05, 3.63) is 57.3 Å². The van der Waals surface area contributed by atoms with Gasteiger partial charge in [-0.2, -0.15) is 0 Å². The molecular formula is C26H35NO5S. The second-order valence-corrected chi connectivity index (χ2v) is 11.3. The first-order valence-corrected chi connectivity index (χ1v) is 12.2. The number of hydrogen-bond acceptors (Lipinski definition) is 7. The molecule has 1 aromatic carbocycles. The summed E-state index contributed by atoms with van der Waals surface area (Å²) in [6.07, 6.45) is 2.78. The molecule has 7 heteroatoms. The minimum Gasteiger partial charge on any atom is -0.511 e. The van der Waals surface area contributed by atoms with Gasteiger partial charge in [0.1, 0.15) is 22.0 Å². The zero-order valence-electron chi connectivity index (χ0n) is 20.6. The van der Waals surface area contributed by atoms with Gasteiger partial charge in [-0.25, -0.2) is 9.78 Å². The molecule has 6 nitrogen and oxygen atoms in total. The Bertz CT molecular complexity index is 1060. The van der Waals surface area contributed by atoms with E-state index in [1.165, 1.54) is 18.2 Å². The van der Waals surface area contributed by atoms with Crippen LogP contribution < -0.4 is 0 Å². The van der Waals surface area contributed by atoms with Gasteiger partial charge in [-0.3, -0.25) is 0 Å². The van der Waals surface area contributed by atoms with Crippen LogP contribution in [-0.2, 0) is 28.0 Å². The van der Waals surface area contributed by atoms with Gasteiger partial charge < -0.3 is 19.4 Å². The van der Waals surface area contributed by atoms with Crippen molar-refractivity contribution < 1.29 is 24.2 Å². The first-order chi connectivity index (χ1) is 15.4. The molecule has 180 valence electrons. The van der Waals surface area contributed by atoms with Crippen LogP contribution in [0.2, 0.25) is 0 Å². The van der Waals surface area contributed by atoms with E-state index < -0.39 is 11.6 Å². The topological polar surface area (TPSA) is 92.8 Å². The van der Waals surface area contributed by atoms with Gasteiger partial charge in [-0.15, -0.1) is 0 Å². The molecule has 0 bridgehead atoms. The average Bonchev–Trinajstić information content (AvgIpc) is 3.13. The first kappa shape index (κ1) is 25.4. The van der Waals surface area contributed by atoms with E-state index in [0.717, 1.165) is 33.0 Å². The number of thioether (sulfide) groups is 1. The number of rotatable bonds is 7. The number of ether oxygens (including phenoxy) is 1. The fourth-order valence-electron chi connectivity index (χ4n) is 4.17. The predicted octanol–water partition coefficient (Wildman–Crippen LogP) is 5.92. The Morgan fingerprint density at radius 1 is 1.24 bits per heavy atom. The third-order valence-electron chi connectivity index (χ3n) is 6.51. The molecule has 1 unspecified atom stereocenters. The number of benzene rings is 1. The van der Waals surface area contributed by atoms with Gasteiger partial charge >= 0.3 is 5.97 Å². The van der Waals surface area contributed by atoms with E-state index in [1.807, 2.05) is 39.8 Å². The largest absolute Gasteiger partial charge is 0.511 e. The lowest BCUT2D eigenvalue weighted by molar-refractivity contribution is -0.164. The maximum atomic E-state index is 13.2. The van der Waals surface area contributed by atoms with Crippen molar-refractivity contribution in [2.45, 2.75) is 90.2 Å². The summed E-state index contributed by atoms with van der Waals surface area (Å²) in [6.45, 7) is 14.0. The lowest BCUT2D eigenvalue weighted by Gasteiger charge is -2.40. The lowest BCUT2D eigenvalue weighted by atomic mass is 9.80. The van der Waals surface area contributed by atoms with Crippen molar-refractivity contribution in [2.24, 2.45) is 5.92 Å². The smallest absolute Gasteiger partial charge is 0.349 e. The van der Waals surface area contributed by atoms with E-state index in [9.17, 15) is 15.0 Å². The van der Waals surface area contributed by atoms with Gasteiger partial charge in [-0.05, 0) is 54.4 Å². The Balaban J connectivity index is 1.93. The molecule has 2 N–H and O–H groups in total. The third kappa shape index (κ3) is 5.30. The van der Waals surface area contributed by atoms with Crippen LogP contribution in [0.1, 0.15) is 75.6 Å². The van der Waals surface area contributed by atoms with Crippen LogP contribution in [0.15, 0.2) is 38.5 Å². The number of carbonyl (C=O) groups excluding carboxylic acids is 1. The highest BCUT2D eigenvalue weighted by Gasteiger charge is 2.45. The molecule has 2 heterocycles. The number of cyclic esters (lactones) is 1. The molecule has 0 saturated heterocycles. The van der Waals surface area contributed by atoms with Crippen LogP contribution in [-0.4, -0.2) is 26.8 Å². The fraction of sp³-hybridized carbons (Fsp3) is 0.538. The Kier molecular flexibility index (Phi) is 7.34. The van der Waals surface area contributed by atoms with E-state index >= 15 is 0 Å². The molecule has 1 aromatic heterocycles. The minimum absolute atomic E-state index is 0.00888. The summed E-state index contributed by atoms with van der Waals surface area (Å²) in [5, 5.41) is 20.8. The first-order valence-electron chi connectivity index (χ1n) is 11.3. The van der Waals surface area contributed by atoms with Gasteiger partial charge in [0.2, 0.25) is 0 Å². The standard InChI is InChI=1S/C26H35NO5S/c1-15(2)26(9-8-21-17(4)27-14-31-21)12-20(29)23(24(30)32-26)33-22-10-16(3)18(13-28)11-19(22)25(5,6)7/h10-11,14-15,28-29H,8-9,12-13H2,1-7H3. The summed E-state index contributed by atoms with van der Waals surface area (Å²) in [5.74, 6) is 0.331. The van der Waals surface area contributed by atoms with E-state index in [4.69, 9.17) is 9.15 Å². The van der Waals surface area contributed by atoms with Crippen molar-refractivity contribution in [3.63, 3.8) is 0 Å². The Morgan fingerprint density at radius 3 is 2.45 bits per heavy atom. The number of carbonyl (C=O) groups is 1. The Labute approximate surface area is 200 Å². The summed E-state index contributed by atoms with van der Waals surface area (Å²) in [4.78, 5) is 18.4. The third-order valence-corrected chi connectivity index (χ3v) is 7.68. The Hall–Kier alpha value is -2.25. The second kappa shape index (κ2) is 9.55. The van der Waals surface area contributed by atoms with E-state index in [-0.39, 0.29) is 35.0 Å². The number of nitrogens with zero attached hydrogens (tertiary/aromatic N) is 1. The van der Waals surface area contributed by atoms with E-state index in [0.29, 0.717) is 12.8 Å². The molecule has 1 atom stereocenters. The maximum Gasteiger partial charge on any atom is 0.349 e. The molecule has 1 aliphatic rings. The summed E-state index contributed by atoms with van der Waals surface area (Å²) in [7, 11) is 0. The van der Waals surface area contributed by atoms with Crippen molar-refractivity contribution >= 4 is 17.7 Å². The SMILES string of the molecule is Cc1cc(SC2=C(O)CC(CCc3ocnc3C)(C(C)C)OC2=O)c(C(C)(C)C)cc1CO. The number of hydrogen-bond donors (Lipinski definition) is 2. The summed E-state index contributed by atoms with van der Waals surface area (Å²) in [5.41, 5.74) is 2.62.